The summed E-state index contributed by atoms with van der Waals surface area (Å²) in [6, 6.07) is 7.72. The summed E-state index contributed by atoms with van der Waals surface area (Å²) >= 11 is 0. The van der Waals surface area contributed by atoms with Crippen LogP contribution in [0.1, 0.15) is 10.7 Å². The topological polar surface area (TPSA) is 93.0 Å². The number of carbonyl (C=O) groups is 1. The Morgan fingerprint density at radius 2 is 2.33 bits per heavy atom. The number of amides is 1. The second-order valence-electron chi connectivity index (χ2n) is 4.45. The Kier molecular flexibility index (Phi) is 3.65. The van der Waals surface area contributed by atoms with Crippen LogP contribution in [0.4, 0.5) is 0 Å². The maximum atomic E-state index is 11.8. The van der Waals surface area contributed by atoms with E-state index in [0.29, 0.717) is 19.0 Å². The van der Waals surface area contributed by atoms with Crippen LogP contribution in [0, 0.1) is 0 Å². The summed E-state index contributed by atoms with van der Waals surface area (Å²) in [4.78, 5) is 19.0. The number of rotatable bonds is 5. The van der Waals surface area contributed by atoms with Gasteiger partial charge >= 0.3 is 11.8 Å². The molecular weight excluding hydrogens is 272 g/mol. The van der Waals surface area contributed by atoms with Crippen LogP contribution in [0.3, 0.4) is 0 Å². The van der Waals surface area contributed by atoms with Crippen LogP contribution in [-0.4, -0.2) is 41.3 Å². The van der Waals surface area contributed by atoms with Crippen LogP contribution < -0.4 is 5.32 Å². The van der Waals surface area contributed by atoms with Crippen molar-refractivity contribution < 1.29 is 14.1 Å². The predicted molar refractivity (Wildman–Crippen MR) is 75.8 cm³/mol. The lowest BCUT2D eigenvalue weighted by Gasteiger charge is -1.99. The molecule has 0 aliphatic heterocycles. The third-order valence-electron chi connectivity index (χ3n) is 3.03. The molecule has 2 aromatic heterocycles. The van der Waals surface area contributed by atoms with Gasteiger partial charge in [-0.25, -0.2) is 0 Å². The molecular formula is C14H14N4O3. The first-order chi connectivity index (χ1) is 10.3. The highest BCUT2D eigenvalue weighted by Crippen LogP contribution is 2.21. The van der Waals surface area contributed by atoms with Crippen molar-refractivity contribution in [1.29, 1.82) is 0 Å². The average Bonchev–Trinajstić information content (AvgIpc) is 3.15. The lowest BCUT2D eigenvalue weighted by molar-refractivity contribution is 0.0893. The number of methoxy groups -OCH3 is 1. The molecule has 2 heterocycles. The Hall–Kier alpha value is -2.67. The first-order valence-electron chi connectivity index (χ1n) is 6.46. The number of hydrogen-bond donors (Lipinski definition) is 2. The number of carbonyl (C=O) groups excluding carboxylic acids is 1. The normalized spacial score (nSPS) is 10.9. The van der Waals surface area contributed by atoms with E-state index in [9.17, 15) is 4.79 Å². The molecule has 3 rings (SSSR count). The van der Waals surface area contributed by atoms with Crippen LogP contribution in [-0.2, 0) is 4.74 Å². The van der Waals surface area contributed by atoms with Crippen molar-refractivity contribution >= 4 is 16.8 Å². The molecule has 7 nitrogen and oxygen atoms in total. The Morgan fingerprint density at radius 1 is 1.43 bits per heavy atom. The molecule has 7 heteroatoms. The molecule has 0 bridgehead atoms. The zero-order chi connectivity index (χ0) is 14.7. The summed E-state index contributed by atoms with van der Waals surface area (Å²) in [6.45, 7) is 0.817. The van der Waals surface area contributed by atoms with E-state index in [0.717, 1.165) is 16.5 Å². The molecule has 0 saturated heterocycles. The third kappa shape index (κ3) is 2.77. The molecule has 0 radical (unpaired) electrons. The summed E-state index contributed by atoms with van der Waals surface area (Å²) in [5, 5.41) is 7.56. The van der Waals surface area contributed by atoms with E-state index in [1.54, 1.807) is 7.11 Å². The molecule has 2 N–H and O–H groups in total. The summed E-state index contributed by atoms with van der Waals surface area (Å²) in [7, 11) is 1.56. The minimum absolute atomic E-state index is 0.0623. The highest BCUT2D eigenvalue weighted by molar-refractivity contribution is 5.90. The second-order valence-corrected chi connectivity index (χ2v) is 4.45. The molecule has 21 heavy (non-hydrogen) atoms. The number of fused-ring (bicyclic) bond motifs is 1. The quantitative estimate of drug-likeness (QED) is 0.695. The van der Waals surface area contributed by atoms with Crippen LogP contribution in [0.2, 0.25) is 0 Å². The molecule has 1 aromatic carbocycles. The minimum Gasteiger partial charge on any atom is -0.383 e. The maximum absolute atomic E-state index is 11.8. The molecule has 0 aliphatic carbocycles. The number of H-pyrrole nitrogens is 1. The molecule has 3 aromatic rings. The van der Waals surface area contributed by atoms with Gasteiger partial charge in [0.25, 0.3) is 0 Å². The largest absolute Gasteiger partial charge is 0.383 e. The van der Waals surface area contributed by atoms with Gasteiger partial charge in [0.05, 0.1) is 6.61 Å². The van der Waals surface area contributed by atoms with Gasteiger partial charge in [0.2, 0.25) is 5.82 Å². The molecule has 0 spiro atoms. The molecule has 0 fully saturated rings. The van der Waals surface area contributed by atoms with E-state index in [2.05, 4.69) is 20.4 Å². The summed E-state index contributed by atoms with van der Waals surface area (Å²) < 4.78 is 9.83. The predicted octanol–water partition coefficient (Wildman–Crippen LogP) is 1.59. The van der Waals surface area contributed by atoms with Crippen molar-refractivity contribution in [3.05, 3.63) is 36.4 Å². The summed E-state index contributed by atoms with van der Waals surface area (Å²) in [5.41, 5.74) is 1.76. The zero-order valence-electron chi connectivity index (χ0n) is 11.4. The number of aromatic nitrogens is 3. The highest BCUT2D eigenvalue weighted by Gasteiger charge is 2.15. The van der Waals surface area contributed by atoms with Crippen molar-refractivity contribution in [3.8, 4) is 11.4 Å². The zero-order valence-corrected chi connectivity index (χ0v) is 11.4. The van der Waals surface area contributed by atoms with Crippen LogP contribution in [0.5, 0.6) is 0 Å². The lowest BCUT2D eigenvalue weighted by Crippen LogP contribution is -2.27. The van der Waals surface area contributed by atoms with Gasteiger partial charge in [0, 0.05) is 30.9 Å². The van der Waals surface area contributed by atoms with E-state index >= 15 is 0 Å². The van der Waals surface area contributed by atoms with E-state index in [-0.39, 0.29) is 5.89 Å². The summed E-state index contributed by atoms with van der Waals surface area (Å²) in [6.07, 6.45) is 1.86. The van der Waals surface area contributed by atoms with Gasteiger partial charge in [-0.15, -0.1) is 0 Å². The number of ether oxygens (including phenoxy) is 1. The SMILES string of the molecule is COCCNC(=O)c1nc(-c2ccc3cc[nH]c3c2)no1. The lowest BCUT2D eigenvalue weighted by atomic mass is 10.1. The minimum atomic E-state index is -0.410. The van der Waals surface area contributed by atoms with E-state index < -0.39 is 5.91 Å². The number of nitrogens with zero attached hydrogens (tertiary/aromatic N) is 2. The van der Waals surface area contributed by atoms with Crippen LogP contribution in [0.15, 0.2) is 35.0 Å². The van der Waals surface area contributed by atoms with Gasteiger partial charge in [-0.2, -0.15) is 4.98 Å². The van der Waals surface area contributed by atoms with Crippen LogP contribution in [0.25, 0.3) is 22.3 Å². The Bertz CT molecular complexity index is 762. The fourth-order valence-corrected chi connectivity index (χ4v) is 1.96. The van der Waals surface area contributed by atoms with Gasteiger partial charge in [-0.1, -0.05) is 17.3 Å². The fraction of sp³-hybridized carbons (Fsp3) is 0.214. The molecule has 1 amide bonds. The number of hydrogen-bond acceptors (Lipinski definition) is 5. The fourth-order valence-electron chi connectivity index (χ4n) is 1.96. The average molecular weight is 286 g/mol. The smallest absolute Gasteiger partial charge is 0.316 e. The third-order valence-corrected chi connectivity index (χ3v) is 3.03. The molecule has 0 unspecified atom stereocenters. The Balaban J connectivity index is 1.79. The molecule has 108 valence electrons. The number of aromatic amines is 1. The highest BCUT2D eigenvalue weighted by atomic mass is 16.5. The van der Waals surface area contributed by atoms with Crippen molar-refractivity contribution in [2.75, 3.05) is 20.3 Å². The first-order valence-corrected chi connectivity index (χ1v) is 6.46. The van der Waals surface area contributed by atoms with Gasteiger partial charge < -0.3 is 19.6 Å². The van der Waals surface area contributed by atoms with Crippen molar-refractivity contribution in [1.82, 2.24) is 20.4 Å². The van der Waals surface area contributed by atoms with Gasteiger partial charge in [0.1, 0.15) is 0 Å². The number of nitrogens with one attached hydrogen (secondary N) is 2. The van der Waals surface area contributed by atoms with Gasteiger partial charge in [0.15, 0.2) is 0 Å². The van der Waals surface area contributed by atoms with Crippen LogP contribution >= 0.6 is 0 Å². The summed E-state index contributed by atoms with van der Waals surface area (Å²) in [5.74, 6) is -0.0946. The standard InChI is InChI=1S/C14H14N4O3/c1-20-7-6-16-13(19)14-17-12(18-21-14)10-3-2-9-4-5-15-11(9)8-10/h2-5,8,15H,6-7H2,1H3,(H,16,19). The van der Waals surface area contributed by atoms with E-state index in [1.165, 1.54) is 0 Å². The molecule has 0 saturated carbocycles. The van der Waals surface area contributed by atoms with Crippen molar-refractivity contribution in [3.63, 3.8) is 0 Å². The van der Waals surface area contributed by atoms with Gasteiger partial charge in [-0.3, -0.25) is 4.79 Å². The number of benzene rings is 1. The monoisotopic (exact) mass is 286 g/mol. The van der Waals surface area contributed by atoms with Gasteiger partial charge in [-0.05, 0) is 17.5 Å². The maximum Gasteiger partial charge on any atom is 0.316 e. The Labute approximate surface area is 120 Å². The van der Waals surface area contributed by atoms with E-state index in [1.807, 2.05) is 30.5 Å². The van der Waals surface area contributed by atoms with Crippen molar-refractivity contribution in [2.45, 2.75) is 0 Å². The molecule has 0 atom stereocenters. The van der Waals surface area contributed by atoms with E-state index in [4.69, 9.17) is 9.26 Å². The Morgan fingerprint density at radius 3 is 3.19 bits per heavy atom. The second kappa shape index (κ2) is 5.76. The molecule has 0 aliphatic rings. The first kappa shape index (κ1) is 13.3. The van der Waals surface area contributed by atoms with Crippen molar-refractivity contribution in [2.24, 2.45) is 0 Å².